The molecule has 0 radical (unpaired) electrons. The zero-order chi connectivity index (χ0) is 19.5. The minimum absolute atomic E-state index is 0. The number of aromatic nitrogens is 2. The summed E-state index contributed by atoms with van der Waals surface area (Å²) >= 11 is 0. The fourth-order valence-electron chi connectivity index (χ4n) is 3.26. The molecule has 0 bridgehead atoms. The third-order valence-corrected chi connectivity index (χ3v) is 7.43. The average molecular weight is 517 g/mol. The number of hydrogen-bond donors (Lipinski definition) is 1. The van der Waals surface area contributed by atoms with E-state index in [4.69, 9.17) is 0 Å². The van der Waals surface area contributed by atoms with Crippen LogP contribution in [0, 0.1) is 0 Å². The van der Waals surface area contributed by atoms with Gasteiger partial charge in [0, 0.05) is 39.1 Å². The maximum atomic E-state index is 12.2. The van der Waals surface area contributed by atoms with Gasteiger partial charge >= 0.3 is 0 Å². The summed E-state index contributed by atoms with van der Waals surface area (Å²) < 4.78 is 25.5. The molecule has 1 N–H and O–H groups in total. The van der Waals surface area contributed by atoms with Crippen molar-refractivity contribution in [2.45, 2.75) is 31.7 Å². The molecule has 1 fully saturated rings. The summed E-state index contributed by atoms with van der Waals surface area (Å²) in [4.78, 5) is 6.37. The number of nitrogens with one attached hydrogen (secondary N) is 1. The van der Waals surface area contributed by atoms with Crippen LogP contribution in [0.15, 0.2) is 47.7 Å². The van der Waals surface area contributed by atoms with Gasteiger partial charge in [-0.3, -0.25) is 9.67 Å². The van der Waals surface area contributed by atoms with Gasteiger partial charge in [-0.2, -0.15) is 5.10 Å². The highest BCUT2D eigenvalue weighted by atomic mass is 127. The highest BCUT2D eigenvalue weighted by Gasteiger charge is 2.40. The van der Waals surface area contributed by atoms with Crippen molar-refractivity contribution in [3.63, 3.8) is 0 Å². The maximum Gasteiger partial charge on any atom is 0.193 e. The number of rotatable bonds is 4. The fourth-order valence-corrected chi connectivity index (χ4v) is 4.62. The third kappa shape index (κ3) is 5.25. The average Bonchev–Trinajstić information content (AvgIpc) is 3.12. The van der Waals surface area contributed by atoms with Gasteiger partial charge in [-0.05, 0) is 31.0 Å². The second kappa shape index (κ2) is 9.25. The molecule has 0 aliphatic carbocycles. The van der Waals surface area contributed by atoms with Crippen LogP contribution in [-0.4, -0.2) is 59.7 Å². The van der Waals surface area contributed by atoms with Crippen LogP contribution in [0.4, 0.5) is 0 Å². The second-order valence-corrected chi connectivity index (χ2v) is 10.2. The van der Waals surface area contributed by atoms with E-state index >= 15 is 0 Å². The molecule has 2 heterocycles. The standard InChI is InChI=1S/C19H27N5O2S.HI/c1-19(2)15-23(10-11-27(19,25)26)18(20-3)21-13-16-6-4-7-17(12-16)14-24-9-5-8-22-24;/h4-9,12H,10-11,13-15H2,1-3H3,(H,20,21);1H. The molecule has 1 aromatic carbocycles. The van der Waals surface area contributed by atoms with E-state index in [9.17, 15) is 8.42 Å². The Labute approximate surface area is 184 Å². The number of sulfone groups is 1. The van der Waals surface area contributed by atoms with Crippen LogP contribution < -0.4 is 5.32 Å². The van der Waals surface area contributed by atoms with Crippen molar-refractivity contribution in [3.05, 3.63) is 53.9 Å². The Morgan fingerprint density at radius 2 is 2.04 bits per heavy atom. The summed E-state index contributed by atoms with van der Waals surface area (Å²) in [5.41, 5.74) is 2.32. The predicted molar refractivity (Wildman–Crippen MR) is 123 cm³/mol. The molecular weight excluding hydrogens is 489 g/mol. The van der Waals surface area contributed by atoms with E-state index in [0.717, 1.165) is 18.1 Å². The summed E-state index contributed by atoms with van der Waals surface area (Å²) in [5, 5.41) is 7.61. The van der Waals surface area contributed by atoms with E-state index < -0.39 is 14.6 Å². The van der Waals surface area contributed by atoms with Crippen LogP contribution in [0.1, 0.15) is 25.0 Å². The molecule has 9 heteroatoms. The number of halogens is 1. The molecule has 7 nitrogen and oxygen atoms in total. The van der Waals surface area contributed by atoms with Crippen molar-refractivity contribution in [1.29, 1.82) is 0 Å². The van der Waals surface area contributed by atoms with Gasteiger partial charge in [0.15, 0.2) is 15.8 Å². The van der Waals surface area contributed by atoms with Crippen molar-refractivity contribution in [2.24, 2.45) is 4.99 Å². The van der Waals surface area contributed by atoms with Crippen molar-refractivity contribution < 1.29 is 8.42 Å². The Balaban J connectivity index is 0.00000280. The lowest BCUT2D eigenvalue weighted by atomic mass is 10.1. The minimum Gasteiger partial charge on any atom is -0.352 e. The Morgan fingerprint density at radius 3 is 2.68 bits per heavy atom. The van der Waals surface area contributed by atoms with Crippen LogP contribution in [-0.2, 0) is 22.9 Å². The highest BCUT2D eigenvalue weighted by molar-refractivity contribution is 14.0. The lowest BCUT2D eigenvalue weighted by Gasteiger charge is -2.39. The Hall–Kier alpha value is -1.62. The summed E-state index contributed by atoms with van der Waals surface area (Å²) in [7, 11) is -1.34. The quantitative estimate of drug-likeness (QED) is 0.382. The molecule has 1 aromatic heterocycles. The van der Waals surface area contributed by atoms with Crippen LogP contribution in [0.5, 0.6) is 0 Å². The molecule has 28 heavy (non-hydrogen) atoms. The van der Waals surface area contributed by atoms with Gasteiger partial charge in [0.1, 0.15) is 0 Å². The largest absolute Gasteiger partial charge is 0.352 e. The second-order valence-electron chi connectivity index (χ2n) is 7.42. The Morgan fingerprint density at radius 1 is 1.29 bits per heavy atom. The summed E-state index contributed by atoms with van der Waals surface area (Å²) in [6.45, 7) is 5.82. The first kappa shape index (κ1) is 22.7. The minimum atomic E-state index is -3.07. The molecule has 0 spiro atoms. The van der Waals surface area contributed by atoms with Gasteiger partial charge < -0.3 is 10.2 Å². The lowest BCUT2D eigenvalue weighted by Crippen LogP contribution is -2.57. The van der Waals surface area contributed by atoms with Crippen molar-refractivity contribution in [1.82, 2.24) is 20.0 Å². The summed E-state index contributed by atoms with van der Waals surface area (Å²) in [6.07, 6.45) is 3.72. The number of hydrogen-bond acceptors (Lipinski definition) is 4. The number of benzene rings is 1. The van der Waals surface area contributed by atoms with Gasteiger partial charge in [0.2, 0.25) is 0 Å². The van der Waals surface area contributed by atoms with Crippen molar-refractivity contribution >= 4 is 39.8 Å². The van der Waals surface area contributed by atoms with E-state index in [1.54, 1.807) is 27.1 Å². The Kier molecular flexibility index (Phi) is 7.49. The Bertz CT molecular complexity index is 910. The molecule has 3 rings (SSSR count). The first-order valence-electron chi connectivity index (χ1n) is 9.04. The third-order valence-electron chi connectivity index (χ3n) is 4.90. The molecule has 0 saturated carbocycles. The SMILES string of the molecule is CN=C(NCc1cccc(Cn2cccn2)c1)N1CCS(=O)(=O)C(C)(C)C1.I. The number of nitrogens with zero attached hydrogens (tertiary/aromatic N) is 4. The molecule has 2 aromatic rings. The molecule has 1 saturated heterocycles. The van der Waals surface area contributed by atoms with Crippen LogP contribution in [0.3, 0.4) is 0 Å². The van der Waals surface area contributed by atoms with E-state index in [1.165, 1.54) is 5.56 Å². The smallest absolute Gasteiger partial charge is 0.193 e. The van der Waals surface area contributed by atoms with Gasteiger partial charge in [-0.15, -0.1) is 24.0 Å². The summed E-state index contributed by atoms with van der Waals surface area (Å²) in [6, 6.07) is 10.2. The normalized spacial score (nSPS) is 18.4. The maximum absolute atomic E-state index is 12.2. The molecule has 0 amide bonds. The van der Waals surface area contributed by atoms with Crippen molar-refractivity contribution in [2.75, 3.05) is 25.9 Å². The van der Waals surface area contributed by atoms with Gasteiger partial charge in [0.05, 0.1) is 17.0 Å². The number of aliphatic imine (C=N–C) groups is 1. The zero-order valence-corrected chi connectivity index (χ0v) is 19.6. The van der Waals surface area contributed by atoms with E-state index in [0.29, 0.717) is 19.6 Å². The highest BCUT2D eigenvalue weighted by Crippen LogP contribution is 2.23. The molecular formula is C19H28IN5O2S. The van der Waals surface area contributed by atoms with Crippen molar-refractivity contribution in [3.8, 4) is 0 Å². The summed E-state index contributed by atoms with van der Waals surface area (Å²) in [5.74, 6) is 0.885. The van der Waals surface area contributed by atoms with Gasteiger partial charge in [-0.25, -0.2) is 8.42 Å². The monoisotopic (exact) mass is 517 g/mol. The molecule has 0 unspecified atom stereocenters. The molecule has 1 aliphatic heterocycles. The van der Waals surface area contributed by atoms with E-state index in [1.807, 2.05) is 27.9 Å². The first-order chi connectivity index (χ1) is 12.8. The molecule has 1 aliphatic rings. The lowest BCUT2D eigenvalue weighted by molar-refractivity contribution is 0.353. The first-order valence-corrected chi connectivity index (χ1v) is 10.7. The fraction of sp³-hybridized carbons (Fsp3) is 0.474. The van der Waals surface area contributed by atoms with Crippen LogP contribution in [0.25, 0.3) is 0 Å². The van der Waals surface area contributed by atoms with Gasteiger partial charge in [-0.1, -0.05) is 24.3 Å². The number of guanidine groups is 1. The topological polar surface area (TPSA) is 79.6 Å². The molecule has 154 valence electrons. The zero-order valence-electron chi connectivity index (χ0n) is 16.5. The van der Waals surface area contributed by atoms with Gasteiger partial charge in [0.25, 0.3) is 0 Å². The predicted octanol–water partition coefficient (Wildman–Crippen LogP) is 2.13. The van der Waals surface area contributed by atoms with E-state index in [-0.39, 0.29) is 29.7 Å². The van der Waals surface area contributed by atoms with Crippen LogP contribution in [0.2, 0.25) is 0 Å². The van der Waals surface area contributed by atoms with Crippen LogP contribution >= 0.6 is 24.0 Å². The molecule has 0 atom stereocenters. The van der Waals surface area contributed by atoms with E-state index in [2.05, 4.69) is 33.6 Å².